The Hall–Kier alpha value is -2.52. The molecule has 122 valence electrons. The fraction of sp³-hybridized carbons (Fsp3) is 0.238. The third kappa shape index (κ3) is 2.72. The smallest absolute Gasteiger partial charge is 0.120 e. The molecule has 0 aliphatic carbocycles. The third-order valence-electron chi connectivity index (χ3n) is 4.91. The van der Waals surface area contributed by atoms with E-state index in [1.165, 1.54) is 11.1 Å². The fourth-order valence-electron chi connectivity index (χ4n) is 3.56. The number of fused-ring (bicyclic) bond motifs is 2. The van der Waals surface area contributed by atoms with E-state index >= 15 is 0 Å². The zero-order valence-electron chi connectivity index (χ0n) is 13.8. The molecule has 1 aliphatic rings. The second-order valence-electron chi connectivity index (χ2n) is 6.38. The van der Waals surface area contributed by atoms with Crippen LogP contribution in [-0.4, -0.2) is 23.7 Å². The lowest BCUT2D eigenvalue weighted by atomic mass is 9.98. The number of methoxy groups -OCH3 is 1. The van der Waals surface area contributed by atoms with Crippen LogP contribution in [-0.2, 0) is 19.5 Å². The van der Waals surface area contributed by atoms with Crippen LogP contribution in [0.5, 0.6) is 11.5 Å². The summed E-state index contributed by atoms with van der Waals surface area (Å²) in [4.78, 5) is 2.40. The Morgan fingerprint density at radius 2 is 1.83 bits per heavy atom. The highest BCUT2D eigenvalue weighted by atomic mass is 16.5. The van der Waals surface area contributed by atoms with Gasteiger partial charge in [0, 0.05) is 25.2 Å². The van der Waals surface area contributed by atoms with Gasteiger partial charge in [0.1, 0.15) is 11.5 Å². The van der Waals surface area contributed by atoms with Gasteiger partial charge in [0.2, 0.25) is 0 Å². The third-order valence-corrected chi connectivity index (χ3v) is 4.91. The SMILES string of the molecule is COc1ccc2ccc(O)c(CN3CCc4ccccc4C3)c2c1. The van der Waals surface area contributed by atoms with Gasteiger partial charge in [-0.3, -0.25) is 4.90 Å². The number of aromatic hydroxyl groups is 1. The van der Waals surface area contributed by atoms with Crippen molar-refractivity contribution in [2.45, 2.75) is 19.5 Å². The highest BCUT2D eigenvalue weighted by molar-refractivity contribution is 5.89. The first-order valence-corrected chi connectivity index (χ1v) is 8.32. The average Bonchev–Trinajstić information content (AvgIpc) is 2.63. The number of phenols is 1. The second-order valence-corrected chi connectivity index (χ2v) is 6.38. The van der Waals surface area contributed by atoms with E-state index in [1.807, 2.05) is 24.3 Å². The Balaban J connectivity index is 1.68. The van der Waals surface area contributed by atoms with Crippen molar-refractivity contribution in [2.24, 2.45) is 0 Å². The van der Waals surface area contributed by atoms with Crippen LogP contribution in [0.4, 0.5) is 0 Å². The lowest BCUT2D eigenvalue weighted by Gasteiger charge is -2.29. The number of nitrogens with zero attached hydrogens (tertiary/aromatic N) is 1. The molecule has 0 radical (unpaired) electrons. The van der Waals surface area contributed by atoms with E-state index in [9.17, 15) is 5.11 Å². The second kappa shape index (κ2) is 6.17. The molecule has 0 atom stereocenters. The number of rotatable bonds is 3. The Morgan fingerprint density at radius 1 is 1.04 bits per heavy atom. The van der Waals surface area contributed by atoms with E-state index in [4.69, 9.17) is 4.74 Å². The van der Waals surface area contributed by atoms with Crippen molar-refractivity contribution < 1.29 is 9.84 Å². The normalized spacial score (nSPS) is 14.5. The lowest BCUT2D eigenvalue weighted by molar-refractivity contribution is 0.243. The van der Waals surface area contributed by atoms with Gasteiger partial charge in [-0.25, -0.2) is 0 Å². The van der Waals surface area contributed by atoms with Crippen LogP contribution < -0.4 is 4.74 Å². The summed E-state index contributed by atoms with van der Waals surface area (Å²) >= 11 is 0. The van der Waals surface area contributed by atoms with Gasteiger partial charge in [-0.1, -0.05) is 36.4 Å². The van der Waals surface area contributed by atoms with Crippen LogP contribution in [0.1, 0.15) is 16.7 Å². The van der Waals surface area contributed by atoms with Gasteiger partial charge in [-0.2, -0.15) is 0 Å². The van der Waals surface area contributed by atoms with Crippen molar-refractivity contribution >= 4 is 10.8 Å². The predicted octanol–water partition coefficient (Wildman–Crippen LogP) is 4.11. The summed E-state index contributed by atoms with van der Waals surface area (Å²) in [5, 5.41) is 12.6. The Labute approximate surface area is 142 Å². The minimum atomic E-state index is 0.356. The maximum absolute atomic E-state index is 10.4. The van der Waals surface area contributed by atoms with Crippen molar-refractivity contribution in [2.75, 3.05) is 13.7 Å². The summed E-state index contributed by atoms with van der Waals surface area (Å²) in [6.45, 7) is 2.68. The Kier molecular flexibility index (Phi) is 3.87. The first kappa shape index (κ1) is 15.0. The molecule has 0 saturated carbocycles. The number of benzene rings is 3. The van der Waals surface area contributed by atoms with E-state index in [0.717, 1.165) is 48.1 Å². The predicted molar refractivity (Wildman–Crippen MR) is 96.4 cm³/mol. The molecule has 1 aliphatic heterocycles. The highest BCUT2D eigenvalue weighted by Gasteiger charge is 2.18. The van der Waals surface area contributed by atoms with Crippen LogP contribution in [0.15, 0.2) is 54.6 Å². The van der Waals surface area contributed by atoms with Crippen molar-refractivity contribution in [3.63, 3.8) is 0 Å². The Bertz CT molecular complexity index is 888. The zero-order valence-corrected chi connectivity index (χ0v) is 13.8. The fourth-order valence-corrected chi connectivity index (χ4v) is 3.56. The maximum atomic E-state index is 10.4. The molecule has 24 heavy (non-hydrogen) atoms. The van der Waals surface area contributed by atoms with E-state index in [-0.39, 0.29) is 0 Å². The largest absolute Gasteiger partial charge is 0.508 e. The molecule has 0 saturated heterocycles. The van der Waals surface area contributed by atoms with Gasteiger partial charge in [0.05, 0.1) is 7.11 Å². The van der Waals surface area contributed by atoms with E-state index in [0.29, 0.717) is 5.75 Å². The summed E-state index contributed by atoms with van der Waals surface area (Å²) < 4.78 is 5.36. The Morgan fingerprint density at radius 3 is 2.67 bits per heavy atom. The van der Waals surface area contributed by atoms with Gasteiger partial charge in [-0.15, -0.1) is 0 Å². The molecule has 0 unspecified atom stereocenters. The van der Waals surface area contributed by atoms with Crippen LogP contribution in [0.2, 0.25) is 0 Å². The molecule has 1 N–H and O–H groups in total. The minimum absolute atomic E-state index is 0.356. The van der Waals surface area contributed by atoms with Gasteiger partial charge in [-0.05, 0) is 46.5 Å². The van der Waals surface area contributed by atoms with Crippen LogP contribution in [0.25, 0.3) is 10.8 Å². The zero-order chi connectivity index (χ0) is 16.5. The van der Waals surface area contributed by atoms with Crippen molar-refractivity contribution in [1.82, 2.24) is 4.90 Å². The van der Waals surface area contributed by atoms with Crippen LogP contribution >= 0.6 is 0 Å². The summed E-state index contributed by atoms with van der Waals surface area (Å²) in [5.74, 6) is 1.17. The molecule has 3 heteroatoms. The van der Waals surface area contributed by atoms with Crippen LogP contribution in [0.3, 0.4) is 0 Å². The molecule has 3 aromatic carbocycles. The topological polar surface area (TPSA) is 32.7 Å². The van der Waals surface area contributed by atoms with Crippen LogP contribution in [0, 0.1) is 0 Å². The number of phenolic OH excluding ortho intramolecular Hbond substituents is 1. The lowest BCUT2D eigenvalue weighted by Crippen LogP contribution is -2.30. The van der Waals surface area contributed by atoms with E-state index < -0.39 is 0 Å². The summed E-state index contributed by atoms with van der Waals surface area (Å²) in [5.41, 5.74) is 3.81. The highest BCUT2D eigenvalue weighted by Crippen LogP contribution is 2.32. The molecule has 0 spiro atoms. The number of ether oxygens (including phenoxy) is 1. The number of hydrogen-bond donors (Lipinski definition) is 1. The van der Waals surface area contributed by atoms with Gasteiger partial charge in [0.25, 0.3) is 0 Å². The first-order valence-electron chi connectivity index (χ1n) is 8.32. The van der Waals surface area contributed by atoms with Crippen molar-refractivity contribution in [3.8, 4) is 11.5 Å². The molecule has 3 aromatic rings. The molecule has 0 fully saturated rings. The molecule has 4 rings (SSSR count). The van der Waals surface area contributed by atoms with Gasteiger partial charge < -0.3 is 9.84 Å². The van der Waals surface area contributed by atoms with E-state index in [2.05, 4.69) is 29.2 Å². The number of hydrogen-bond acceptors (Lipinski definition) is 3. The van der Waals surface area contributed by atoms with Crippen molar-refractivity contribution in [3.05, 3.63) is 71.3 Å². The maximum Gasteiger partial charge on any atom is 0.120 e. The minimum Gasteiger partial charge on any atom is -0.508 e. The summed E-state index contributed by atoms with van der Waals surface area (Å²) in [6, 6.07) is 18.4. The van der Waals surface area contributed by atoms with E-state index in [1.54, 1.807) is 13.2 Å². The molecule has 0 bridgehead atoms. The van der Waals surface area contributed by atoms with Gasteiger partial charge in [0.15, 0.2) is 0 Å². The molecular formula is C21H21NO2. The molecule has 3 nitrogen and oxygen atoms in total. The standard InChI is InChI=1S/C21H21NO2/c1-24-18-8-6-16-7-9-21(23)20(19(16)12-18)14-22-11-10-15-4-2-3-5-17(15)13-22/h2-9,12,23H,10-11,13-14H2,1H3. The summed E-state index contributed by atoms with van der Waals surface area (Å²) in [6.07, 6.45) is 1.06. The molecule has 0 aromatic heterocycles. The quantitative estimate of drug-likeness (QED) is 0.788. The van der Waals surface area contributed by atoms with Gasteiger partial charge >= 0.3 is 0 Å². The average molecular weight is 319 g/mol. The molecular weight excluding hydrogens is 298 g/mol. The van der Waals surface area contributed by atoms with Crippen molar-refractivity contribution in [1.29, 1.82) is 0 Å². The summed E-state index contributed by atoms with van der Waals surface area (Å²) in [7, 11) is 1.67. The molecule has 1 heterocycles. The first-order chi connectivity index (χ1) is 11.7. The monoisotopic (exact) mass is 319 g/mol. The molecule has 0 amide bonds.